The Hall–Kier alpha value is -2.12. The van der Waals surface area contributed by atoms with E-state index in [1.807, 2.05) is 0 Å². The molecule has 1 heterocycles. The molecule has 21 heavy (non-hydrogen) atoms. The minimum atomic E-state index is -4.94. The van der Waals surface area contributed by atoms with Crippen molar-refractivity contribution in [3.63, 3.8) is 0 Å². The monoisotopic (exact) mass is 326 g/mol. The van der Waals surface area contributed by atoms with Gasteiger partial charge in [-0.05, 0) is 0 Å². The molecule has 0 amide bonds. The lowest BCUT2D eigenvalue weighted by atomic mass is 10.3. The SMILES string of the molecule is CN(C)c1c([N+](=O)[O-])c[n+](C)cc1[N+](=O)[O-].[O-][Cl+3]([O-])([O-])[O-]. The molecular weight excluding hydrogens is 316 g/mol. The van der Waals surface area contributed by atoms with E-state index in [4.69, 9.17) is 18.6 Å². The van der Waals surface area contributed by atoms with Crippen molar-refractivity contribution in [2.45, 2.75) is 0 Å². The molecule has 0 unspecified atom stereocenters. The van der Waals surface area contributed by atoms with Gasteiger partial charge >= 0.3 is 11.4 Å². The molecule has 0 radical (unpaired) electrons. The van der Waals surface area contributed by atoms with Gasteiger partial charge in [0.15, 0.2) is 0 Å². The van der Waals surface area contributed by atoms with E-state index in [2.05, 4.69) is 0 Å². The number of aryl methyl sites for hydroxylation is 1. The molecular formula is C8H11ClN4O8. The van der Waals surface area contributed by atoms with Gasteiger partial charge in [-0.15, -0.1) is 10.2 Å². The number of anilines is 1. The van der Waals surface area contributed by atoms with Gasteiger partial charge in [0.25, 0.3) is 0 Å². The maximum Gasteiger partial charge on any atom is 0.362 e. The number of pyridine rings is 1. The third-order valence-corrected chi connectivity index (χ3v) is 1.98. The van der Waals surface area contributed by atoms with Crippen molar-refractivity contribution in [2.24, 2.45) is 7.05 Å². The van der Waals surface area contributed by atoms with Crippen molar-refractivity contribution in [3.05, 3.63) is 32.6 Å². The lowest BCUT2D eigenvalue weighted by Gasteiger charge is -2.17. The second-order valence-electron chi connectivity index (χ2n) is 3.83. The van der Waals surface area contributed by atoms with Crippen LogP contribution in [-0.4, -0.2) is 23.9 Å². The van der Waals surface area contributed by atoms with Crippen LogP contribution in [0.15, 0.2) is 12.4 Å². The summed E-state index contributed by atoms with van der Waals surface area (Å²) in [4.78, 5) is 21.7. The van der Waals surface area contributed by atoms with Crippen LogP contribution in [0.2, 0.25) is 0 Å². The van der Waals surface area contributed by atoms with Gasteiger partial charge in [0.1, 0.15) is 7.05 Å². The van der Waals surface area contributed by atoms with Crippen molar-refractivity contribution in [1.82, 2.24) is 0 Å². The summed E-state index contributed by atoms with van der Waals surface area (Å²) >= 11 is 0. The smallest absolute Gasteiger partial charge is 0.362 e. The fraction of sp³-hybridized carbons (Fsp3) is 0.375. The van der Waals surface area contributed by atoms with E-state index in [9.17, 15) is 20.2 Å². The second-order valence-corrected chi connectivity index (χ2v) is 4.59. The highest BCUT2D eigenvalue weighted by Gasteiger charge is 2.31. The molecule has 1 aromatic rings. The van der Waals surface area contributed by atoms with Crippen molar-refractivity contribution in [2.75, 3.05) is 19.0 Å². The highest BCUT2D eigenvalue weighted by molar-refractivity contribution is 5.71. The Kier molecular flexibility index (Phi) is 6.34. The summed E-state index contributed by atoms with van der Waals surface area (Å²) < 4.78 is 35.3. The Morgan fingerprint density at radius 2 is 1.29 bits per heavy atom. The molecule has 0 aliphatic rings. The largest absolute Gasteiger partial charge is 0.366 e. The minimum Gasteiger partial charge on any atom is -0.366 e. The first kappa shape index (κ1) is 18.9. The molecule has 0 N–H and O–H groups in total. The fourth-order valence-corrected chi connectivity index (χ4v) is 1.40. The van der Waals surface area contributed by atoms with E-state index in [1.54, 1.807) is 0 Å². The lowest BCUT2D eigenvalue weighted by molar-refractivity contribution is -2.00. The predicted octanol–water partition coefficient (Wildman–Crippen LogP) is -4.36. The zero-order chi connectivity index (χ0) is 17.0. The number of hydrogen-bond acceptors (Lipinski definition) is 9. The summed E-state index contributed by atoms with van der Waals surface area (Å²) in [5, 5.41) is 21.6. The summed E-state index contributed by atoms with van der Waals surface area (Å²) in [5.74, 6) is 0. The molecule has 0 spiro atoms. The third-order valence-electron chi connectivity index (χ3n) is 1.98. The van der Waals surface area contributed by atoms with Crippen molar-refractivity contribution in [1.29, 1.82) is 0 Å². The summed E-state index contributed by atoms with van der Waals surface area (Å²) in [6.45, 7) is 0. The average molecular weight is 327 g/mol. The molecule has 12 nitrogen and oxygen atoms in total. The molecule has 0 aliphatic carbocycles. The van der Waals surface area contributed by atoms with Gasteiger partial charge in [0.2, 0.25) is 18.1 Å². The van der Waals surface area contributed by atoms with Crippen LogP contribution in [0.1, 0.15) is 0 Å². The van der Waals surface area contributed by atoms with Crippen LogP contribution in [0.3, 0.4) is 0 Å². The van der Waals surface area contributed by atoms with Crippen LogP contribution in [0.25, 0.3) is 0 Å². The minimum absolute atomic E-state index is 0.00639. The molecule has 1 aromatic heterocycles. The van der Waals surface area contributed by atoms with Crippen LogP contribution in [0.4, 0.5) is 17.1 Å². The van der Waals surface area contributed by atoms with Crippen molar-refractivity contribution >= 4 is 17.1 Å². The quantitative estimate of drug-likeness (QED) is 0.300. The molecule has 13 heteroatoms. The highest BCUT2D eigenvalue weighted by Crippen LogP contribution is 2.33. The molecule has 0 aliphatic heterocycles. The summed E-state index contributed by atoms with van der Waals surface area (Å²) in [5.41, 5.74) is -0.587. The van der Waals surface area contributed by atoms with Crippen LogP contribution in [-0.2, 0) is 7.05 Å². The number of aromatic nitrogens is 1. The topological polar surface area (TPSA) is 186 Å². The zero-order valence-corrected chi connectivity index (χ0v) is 11.8. The first-order chi connectivity index (χ1) is 9.34. The molecule has 0 aromatic carbocycles. The molecule has 0 saturated heterocycles. The predicted molar refractivity (Wildman–Crippen MR) is 55.3 cm³/mol. The standard InChI is InChI=1S/C8H11N4O4.ClHO4/c1-9(2)8-6(11(13)14)4-10(3)5-7(8)12(15)16;2-1(3,4)5/h4-5H,1-3H3;(H,2,3,4,5)/q+1;/p-1. The third kappa shape index (κ3) is 6.73. The van der Waals surface area contributed by atoms with E-state index < -0.39 is 20.1 Å². The molecule has 1 rings (SSSR count). The van der Waals surface area contributed by atoms with E-state index in [0.29, 0.717) is 0 Å². The van der Waals surface area contributed by atoms with Crippen LogP contribution >= 0.6 is 0 Å². The Morgan fingerprint density at radius 1 is 1.00 bits per heavy atom. The van der Waals surface area contributed by atoms with Gasteiger partial charge in [-0.2, -0.15) is 4.57 Å². The van der Waals surface area contributed by atoms with Crippen LogP contribution in [0.5, 0.6) is 0 Å². The molecule has 118 valence electrons. The second kappa shape index (κ2) is 7.05. The van der Waals surface area contributed by atoms with Gasteiger partial charge < -0.3 is 4.90 Å². The van der Waals surface area contributed by atoms with E-state index in [0.717, 1.165) is 0 Å². The van der Waals surface area contributed by atoms with Gasteiger partial charge in [-0.25, -0.2) is 18.6 Å². The number of halogens is 1. The normalized spacial score (nSPS) is 10.4. The lowest BCUT2D eigenvalue weighted by Crippen LogP contribution is -2.68. The Balaban J connectivity index is 0.000000690. The van der Waals surface area contributed by atoms with E-state index >= 15 is 0 Å². The maximum atomic E-state index is 10.8. The molecule has 0 fully saturated rings. The maximum absolute atomic E-state index is 10.8. The first-order valence-electron chi connectivity index (χ1n) is 4.95. The summed E-state index contributed by atoms with van der Waals surface area (Å²) in [7, 11) is -0.399. The number of rotatable bonds is 3. The Bertz CT molecular complexity index is 503. The average Bonchev–Trinajstić information content (AvgIpc) is 2.24. The molecule has 0 bridgehead atoms. The summed E-state index contributed by atoms with van der Waals surface area (Å²) in [6.07, 6.45) is 2.48. The highest BCUT2D eigenvalue weighted by atomic mass is 35.7. The van der Waals surface area contributed by atoms with Crippen LogP contribution < -0.4 is 28.1 Å². The van der Waals surface area contributed by atoms with E-state index in [1.165, 1.54) is 43.0 Å². The molecule has 0 atom stereocenters. The van der Waals surface area contributed by atoms with E-state index in [-0.39, 0.29) is 17.1 Å². The number of nitrogens with zero attached hydrogens (tertiary/aromatic N) is 4. The summed E-state index contributed by atoms with van der Waals surface area (Å²) in [6, 6.07) is 0. The van der Waals surface area contributed by atoms with Crippen molar-refractivity contribution < 1.29 is 43.3 Å². The number of nitro groups is 2. The number of hydrogen-bond donors (Lipinski definition) is 0. The zero-order valence-electron chi connectivity index (χ0n) is 11.1. The fourth-order valence-electron chi connectivity index (χ4n) is 1.40. The van der Waals surface area contributed by atoms with Gasteiger partial charge in [-0.3, -0.25) is 20.2 Å². The Labute approximate surface area is 120 Å². The Morgan fingerprint density at radius 3 is 1.48 bits per heavy atom. The first-order valence-corrected chi connectivity index (χ1v) is 6.19. The van der Waals surface area contributed by atoms with Gasteiger partial charge in [0, 0.05) is 14.1 Å². The van der Waals surface area contributed by atoms with Gasteiger partial charge in [0.05, 0.1) is 9.85 Å². The van der Waals surface area contributed by atoms with Crippen molar-refractivity contribution in [3.8, 4) is 0 Å². The molecule has 0 saturated carbocycles. The van der Waals surface area contributed by atoms with Gasteiger partial charge in [-0.1, -0.05) is 0 Å². The van der Waals surface area contributed by atoms with Crippen LogP contribution in [0, 0.1) is 30.5 Å².